The van der Waals surface area contributed by atoms with Crippen LogP contribution in [0, 0.1) is 12.3 Å². The number of carbonyl (C=O) groups is 3. The molecule has 0 heterocycles. The molecule has 0 saturated heterocycles. The molecule has 0 radical (unpaired) electrons. The van der Waals surface area contributed by atoms with Crippen LogP contribution in [0.15, 0.2) is 18.2 Å². The van der Waals surface area contributed by atoms with Crippen LogP contribution in [0.1, 0.15) is 28.8 Å². The fraction of sp³-hybridized carbons (Fsp3) is 0.357. The van der Waals surface area contributed by atoms with E-state index in [-0.39, 0.29) is 17.4 Å². The molecule has 1 aromatic carbocycles. The van der Waals surface area contributed by atoms with Gasteiger partial charge in [-0.25, -0.2) is 4.79 Å². The normalized spacial score (nSPS) is 15.3. The predicted octanol–water partition coefficient (Wildman–Crippen LogP) is 1.16. The Kier molecular flexibility index (Phi) is 3.48. The Labute approximate surface area is 116 Å². The van der Waals surface area contributed by atoms with Crippen molar-refractivity contribution in [2.45, 2.75) is 19.8 Å². The molecule has 1 saturated carbocycles. The van der Waals surface area contributed by atoms with Crippen LogP contribution in [-0.2, 0) is 9.59 Å². The van der Waals surface area contributed by atoms with E-state index in [2.05, 4.69) is 10.6 Å². The summed E-state index contributed by atoms with van der Waals surface area (Å²) in [6, 6.07) is 4.54. The van der Waals surface area contributed by atoms with Crippen LogP contribution in [0.2, 0.25) is 0 Å². The molecule has 6 nitrogen and oxygen atoms in total. The van der Waals surface area contributed by atoms with E-state index in [9.17, 15) is 14.4 Å². The van der Waals surface area contributed by atoms with E-state index in [1.54, 1.807) is 13.0 Å². The van der Waals surface area contributed by atoms with Gasteiger partial charge in [0, 0.05) is 12.7 Å². The second-order valence-corrected chi connectivity index (χ2v) is 4.95. The maximum absolute atomic E-state index is 12.1. The van der Waals surface area contributed by atoms with Gasteiger partial charge in [0.1, 0.15) is 5.41 Å². The fourth-order valence-corrected chi connectivity index (χ4v) is 2.15. The summed E-state index contributed by atoms with van der Waals surface area (Å²) in [5.74, 6) is -1.64. The summed E-state index contributed by atoms with van der Waals surface area (Å²) in [5.41, 5.74) is 0.275. The predicted molar refractivity (Wildman–Crippen MR) is 72.5 cm³/mol. The van der Waals surface area contributed by atoms with Crippen LogP contribution >= 0.6 is 0 Å². The quantitative estimate of drug-likeness (QED) is 0.719. The van der Waals surface area contributed by atoms with Gasteiger partial charge < -0.3 is 15.7 Å². The summed E-state index contributed by atoms with van der Waals surface area (Å²) in [5, 5.41) is 14.1. The smallest absolute Gasteiger partial charge is 0.335 e. The standard InChI is InChI=1S/C14H16N2O4/c1-8-7-9(3-4-10(8)11(17)18)16-13(20)14(5-6-14)12(19)15-2/h3-4,7H,5-6H2,1-2H3,(H,15,19)(H,16,20)(H,17,18). The van der Waals surface area contributed by atoms with E-state index in [4.69, 9.17) is 5.11 Å². The highest BCUT2D eigenvalue weighted by Crippen LogP contribution is 2.46. The number of anilines is 1. The van der Waals surface area contributed by atoms with Crippen LogP contribution in [0.4, 0.5) is 5.69 Å². The number of aromatic carboxylic acids is 1. The molecule has 0 atom stereocenters. The highest BCUT2D eigenvalue weighted by molar-refractivity contribution is 6.13. The van der Waals surface area contributed by atoms with Gasteiger partial charge in [-0.3, -0.25) is 9.59 Å². The highest BCUT2D eigenvalue weighted by atomic mass is 16.4. The molecule has 3 N–H and O–H groups in total. The van der Waals surface area contributed by atoms with Gasteiger partial charge in [-0.05, 0) is 43.5 Å². The van der Waals surface area contributed by atoms with Crippen LogP contribution in [0.3, 0.4) is 0 Å². The zero-order chi connectivity index (χ0) is 14.9. The molecule has 1 aromatic rings. The lowest BCUT2D eigenvalue weighted by molar-refractivity contribution is -0.134. The van der Waals surface area contributed by atoms with Gasteiger partial charge in [-0.1, -0.05) is 0 Å². The third kappa shape index (κ3) is 2.36. The van der Waals surface area contributed by atoms with Crippen molar-refractivity contribution in [1.82, 2.24) is 5.32 Å². The first-order valence-corrected chi connectivity index (χ1v) is 6.28. The highest BCUT2D eigenvalue weighted by Gasteiger charge is 2.56. The minimum Gasteiger partial charge on any atom is -0.478 e. The largest absolute Gasteiger partial charge is 0.478 e. The van der Waals surface area contributed by atoms with E-state index < -0.39 is 11.4 Å². The number of hydrogen-bond acceptors (Lipinski definition) is 3. The van der Waals surface area contributed by atoms with Gasteiger partial charge in [0.15, 0.2) is 0 Å². The Balaban J connectivity index is 2.15. The molecule has 0 bridgehead atoms. The number of amides is 2. The Hall–Kier alpha value is -2.37. The topological polar surface area (TPSA) is 95.5 Å². The first-order chi connectivity index (χ1) is 9.40. The molecule has 20 heavy (non-hydrogen) atoms. The fourth-order valence-electron chi connectivity index (χ4n) is 2.15. The van der Waals surface area contributed by atoms with Crippen molar-refractivity contribution in [3.8, 4) is 0 Å². The molecule has 0 unspecified atom stereocenters. The Morgan fingerprint density at radius 1 is 1.20 bits per heavy atom. The van der Waals surface area contributed by atoms with Crippen LogP contribution < -0.4 is 10.6 Å². The van der Waals surface area contributed by atoms with Crippen molar-refractivity contribution >= 4 is 23.5 Å². The number of benzene rings is 1. The number of carboxylic acid groups (broad SMARTS) is 1. The summed E-state index contributed by atoms with van der Waals surface area (Å²) in [6.07, 6.45) is 1.06. The van der Waals surface area contributed by atoms with Gasteiger partial charge in [-0.2, -0.15) is 0 Å². The van der Waals surface area contributed by atoms with Crippen molar-refractivity contribution < 1.29 is 19.5 Å². The average molecular weight is 276 g/mol. The van der Waals surface area contributed by atoms with E-state index in [0.29, 0.717) is 24.1 Å². The molecule has 0 aliphatic heterocycles. The van der Waals surface area contributed by atoms with Crippen molar-refractivity contribution in [2.75, 3.05) is 12.4 Å². The van der Waals surface area contributed by atoms with Gasteiger partial charge in [0.2, 0.25) is 11.8 Å². The monoisotopic (exact) mass is 276 g/mol. The lowest BCUT2D eigenvalue weighted by atomic mass is 10.0. The molecule has 6 heteroatoms. The molecule has 2 rings (SSSR count). The number of carbonyl (C=O) groups excluding carboxylic acids is 2. The first kappa shape index (κ1) is 14.0. The molecule has 1 fully saturated rings. The molecule has 0 aromatic heterocycles. The van der Waals surface area contributed by atoms with Gasteiger partial charge in [0.25, 0.3) is 0 Å². The Morgan fingerprint density at radius 3 is 2.30 bits per heavy atom. The van der Waals surface area contributed by atoms with Gasteiger partial charge in [0.05, 0.1) is 5.56 Å². The zero-order valence-electron chi connectivity index (χ0n) is 11.3. The van der Waals surface area contributed by atoms with E-state index in [1.807, 2.05) is 0 Å². The number of aryl methyl sites for hydroxylation is 1. The number of nitrogens with one attached hydrogen (secondary N) is 2. The van der Waals surface area contributed by atoms with Crippen molar-refractivity contribution in [2.24, 2.45) is 5.41 Å². The molecule has 106 valence electrons. The van der Waals surface area contributed by atoms with E-state index >= 15 is 0 Å². The molecule has 1 aliphatic carbocycles. The van der Waals surface area contributed by atoms with Crippen molar-refractivity contribution in [3.63, 3.8) is 0 Å². The average Bonchev–Trinajstić information content (AvgIpc) is 3.19. The summed E-state index contributed by atoms with van der Waals surface area (Å²) >= 11 is 0. The van der Waals surface area contributed by atoms with Crippen molar-refractivity contribution in [1.29, 1.82) is 0 Å². The summed E-state index contributed by atoms with van der Waals surface area (Å²) in [4.78, 5) is 34.7. The minimum atomic E-state index is -1.01. The lowest BCUT2D eigenvalue weighted by Crippen LogP contribution is -2.38. The van der Waals surface area contributed by atoms with Gasteiger partial charge >= 0.3 is 5.97 Å². The maximum Gasteiger partial charge on any atom is 0.335 e. The van der Waals surface area contributed by atoms with E-state index in [0.717, 1.165) is 0 Å². The molecule has 2 amide bonds. The Morgan fingerprint density at radius 2 is 1.85 bits per heavy atom. The molecule has 0 spiro atoms. The van der Waals surface area contributed by atoms with Gasteiger partial charge in [-0.15, -0.1) is 0 Å². The third-order valence-corrected chi connectivity index (χ3v) is 3.56. The second kappa shape index (κ2) is 4.96. The number of carboxylic acids is 1. The number of hydrogen-bond donors (Lipinski definition) is 3. The SMILES string of the molecule is CNC(=O)C1(C(=O)Nc2ccc(C(=O)O)c(C)c2)CC1. The number of rotatable bonds is 4. The minimum absolute atomic E-state index is 0.190. The maximum atomic E-state index is 12.1. The molecule has 1 aliphatic rings. The summed E-state index contributed by atoms with van der Waals surface area (Å²) in [7, 11) is 1.50. The molecular formula is C14H16N2O4. The van der Waals surface area contributed by atoms with E-state index in [1.165, 1.54) is 19.2 Å². The van der Waals surface area contributed by atoms with Crippen LogP contribution in [0.5, 0.6) is 0 Å². The van der Waals surface area contributed by atoms with Crippen molar-refractivity contribution in [3.05, 3.63) is 29.3 Å². The lowest BCUT2D eigenvalue weighted by Gasteiger charge is -2.14. The first-order valence-electron chi connectivity index (χ1n) is 6.28. The van der Waals surface area contributed by atoms with Crippen LogP contribution in [-0.4, -0.2) is 29.9 Å². The summed E-state index contributed by atoms with van der Waals surface area (Å²) < 4.78 is 0. The summed E-state index contributed by atoms with van der Waals surface area (Å²) in [6.45, 7) is 1.66. The third-order valence-electron chi connectivity index (χ3n) is 3.56. The Bertz CT molecular complexity index is 591. The van der Waals surface area contributed by atoms with Crippen LogP contribution in [0.25, 0.3) is 0 Å². The second-order valence-electron chi connectivity index (χ2n) is 4.95. The molecular weight excluding hydrogens is 260 g/mol. The zero-order valence-corrected chi connectivity index (χ0v) is 11.3.